The average Bonchev–Trinajstić information content (AvgIpc) is 4.20. The summed E-state index contributed by atoms with van der Waals surface area (Å²) < 4.78 is 65.8. The second-order valence-corrected chi connectivity index (χ2v) is 21.6. The van der Waals surface area contributed by atoms with Crippen LogP contribution in [0.3, 0.4) is 0 Å². The quantitative estimate of drug-likeness (QED) is 0.0705. The van der Waals surface area contributed by atoms with E-state index in [1.165, 1.54) is 0 Å². The van der Waals surface area contributed by atoms with E-state index in [0.29, 0.717) is 41.3 Å². The van der Waals surface area contributed by atoms with E-state index in [9.17, 15) is 61.7 Å². The van der Waals surface area contributed by atoms with Crippen LogP contribution in [-0.2, 0) is 67.5 Å². The largest absolute Gasteiger partial charge is 0.479 e. The molecule has 14 atom stereocenters. The first kappa shape index (κ1) is 57.2. The summed E-state index contributed by atoms with van der Waals surface area (Å²) >= 11 is 35.4. The van der Waals surface area contributed by atoms with Gasteiger partial charge in [-0.3, -0.25) is 25.0 Å². The predicted molar refractivity (Wildman–Crippen MR) is 264 cm³/mol. The molecular formula is C49H45Cl6F3N4O14. The topological polar surface area (TPSA) is 262 Å². The van der Waals surface area contributed by atoms with E-state index in [2.05, 4.69) is 21.3 Å². The number of carboxylic acid groups (broad SMARTS) is 2. The molecule has 27 heteroatoms. The number of carboxylic acids is 2. The lowest BCUT2D eigenvalue weighted by molar-refractivity contribution is -0.155. The molecule has 0 radical (unpaired) electrons. The summed E-state index contributed by atoms with van der Waals surface area (Å²) in [6.45, 7) is 1.95. The maximum absolute atomic E-state index is 14.7. The van der Waals surface area contributed by atoms with Crippen LogP contribution in [0.2, 0.25) is 30.1 Å². The number of nitrogens with one attached hydrogen (secondary N) is 4. The first-order valence-corrected chi connectivity index (χ1v) is 25.3. The molecule has 408 valence electrons. The highest BCUT2D eigenvalue weighted by Gasteiger charge is 2.88. The number of Topliss-reactive ketones (excluding diaryl/α,β-unsaturated/α-hetero) is 1. The van der Waals surface area contributed by atoms with E-state index >= 15 is 0 Å². The number of hydrogen-bond donors (Lipinski definition) is 6. The predicted octanol–water partition coefficient (Wildman–Crippen LogP) is 7.80. The van der Waals surface area contributed by atoms with Crippen LogP contribution >= 0.6 is 69.6 Å². The Morgan fingerprint density at radius 3 is 1.26 bits per heavy atom. The van der Waals surface area contributed by atoms with E-state index in [4.69, 9.17) is 88.6 Å². The first-order valence-electron chi connectivity index (χ1n) is 23.0. The standard InChI is InChI=1S/2C16H13Cl2FN2O5.C16H15Cl2FO4.CH4/c2*17-8-2-1-6(3-9(8)18)5-26-10-4-7-11(15(7,19)13(23)24)16(10)12(22)20-14(25)21-16;1-2-22-15(21)16(19)9-6-12(14(20)13(9)16)23-7-8-3-4-10(17)11(18)5-8;/h2*1-3,7,10-11H,4-5H2,(H,23,24)(H2,20,21,22,25);3-5,9,12-13H,2,6-7H2,1H3;1H4/t7-,10-,11+,15-,16+;7-,10-,11+,15-,16-;9-,12-,13-,16-;/m111./s1. The Labute approximate surface area is 460 Å². The van der Waals surface area contributed by atoms with Gasteiger partial charge in [0.15, 0.2) is 16.9 Å². The van der Waals surface area contributed by atoms with Gasteiger partial charge in [0.2, 0.25) is 17.0 Å². The van der Waals surface area contributed by atoms with E-state index in [-0.39, 0.29) is 58.9 Å². The fourth-order valence-corrected chi connectivity index (χ4v) is 12.6. The van der Waals surface area contributed by atoms with Crippen molar-refractivity contribution in [3.8, 4) is 0 Å². The molecule has 11 rings (SSSR count). The summed E-state index contributed by atoms with van der Waals surface area (Å²) in [6.07, 6.45) is -2.22. The smallest absolute Gasteiger partial charge is 0.344 e. The number of imide groups is 2. The molecule has 3 aromatic rings. The van der Waals surface area contributed by atoms with Crippen molar-refractivity contribution in [2.75, 3.05) is 6.61 Å². The van der Waals surface area contributed by atoms with E-state index in [0.717, 1.165) is 5.56 Å². The molecule has 8 aliphatic rings. The van der Waals surface area contributed by atoms with Gasteiger partial charge < -0.3 is 39.8 Å². The highest BCUT2D eigenvalue weighted by molar-refractivity contribution is 6.43. The van der Waals surface area contributed by atoms with Gasteiger partial charge in [-0.15, -0.1) is 0 Å². The third-order valence-corrected chi connectivity index (χ3v) is 17.5. The van der Waals surface area contributed by atoms with Crippen molar-refractivity contribution >= 4 is 117 Å². The number of halogens is 9. The zero-order chi connectivity index (χ0) is 54.5. The van der Waals surface area contributed by atoms with Gasteiger partial charge in [-0.25, -0.2) is 37.1 Å². The molecule has 76 heavy (non-hydrogen) atoms. The molecule has 6 amide bonds. The third-order valence-electron chi connectivity index (χ3n) is 15.3. The molecule has 0 unspecified atom stereocenters. The number of ether oxygens (including phenoxy) is 4. The Kier molecular flexibility index (Phi) is 15.6. The highest BCUT2D eigenvalue weighted by atomic mass is 35.5. The molecule has 2 heterocycles. The number of aliphatic carboxylic acids is 2. The maximum Gasteiger partial charge on any atom is 0.344 e. The third kappa shape index (κ3) is 9.23. The van der Waals surface area contributed by atoms with Crippen molar-refractivity contribution < 1.29 is 80.7 Å². The molecule has 0 aromatic heterocycles. The number of carbonyl (C=O) groups excluding carboxylic acids is 6. The van der Waals surface area contributed by atoms with Gasteiger partial charge in [0.25, 0.3) is 11.8 Å². The fraction of sp³-hybridized carbons (Fsp3) is 0.469. The SMILES string of the molecule is C.CCOC(=O)[C@@]1(F)[C@@H]2C[C@@H](OCc3ccc(Cl)c(Cl)c3)C(=O)[C@@H]21.O=C1NC(=O)[C@@]2(N1)[C@H](OCc1ccc(Cl)c(Cl)c1)C[C@@H]1[C@H]2[C@@]1(F)C(=O)O.O=C1NC(=O)[C@]2(N1)[C@H](OCc1ccc(Cl)c(Cl)c1)C[C@@H]1[C@H]2[C@@]1(F)C(=O)O. The minimum atomic E-state index is -2.54. The Morgan fingerprint density at radius 2 is 0.961 bits per heavy atom. The summed E-state index contributed by atoms with van der Waals surface area (Å²) in [5.41, 5.74) is -8.59. The van der Waals surface area contributed by atoms with Crippen molar-refractivity contribution in [1.29, 1.82) is 0 Å². The van der Waals surface area contributed by atoms with Gasteiger partial charge in [0.1, 0.15) is 6.10 Å². The van der Waals surface area contributed by atoms with Crippen LogP contribution in [0.5, 0.6) is 0 Å². The second-order valence-electron chi connectivity index (χ2n) is 19.2. The van der Waals surface area contributed by atoms with Crippen molar-refractivity contribution in [3.63, 3.8) is 0 Å². The monoisotopic (exact) mass is 1180 g/mol. The molecule has 3 aromatic carbocycles. The second kappa shape index (κ2) is 20.7. The summed E-state index contributed by atoms with van der Waals surface area (Å²) in [6, 6.07) is 13.2. The molecule has 18 nitrogen and oxygen atoms in total. The minimum absolute atomic E-state index is 0. The Bertz CT molecular complexity index is 2850. The van der Waals surface area contributed by atoms with Crippen LogP contribution in [0.1, 0.15) is 50.3 Å². The van der Waals surface area contributed by atoms with Crippen molar-refractivity contribution in [2.45, 2.75) is 99.8 Å². The number of urea groups is 2. The summed E-state index contributed by atoms with van der Waals surface area (Å²) in [7, 11) is 0. The number of alkyl halides is 3. The highest BCUT2D eigenvalue weighted by Crippen LogP contribution is 2.70. The molecule has 8 fully saturated rings. The first-order chi connectivity index (χ1) is 35.3. The maximum atomic E-state index is 14.7. The fourth-order valence-electron chi connectivity index (χ4n) is 11.7. The molecule has 6 aliphatic carbocycles. The normalized spacial score (nSPS) is 35.2. The molecule has 6 saturated carbocycles. The summed E-state index contributed by atoms with van der Waals surface area (Å²) in [4.78, 5) is 94.5. The molecule has 6 N–H and O–H groups in total. The van der Waals surface area contributed by atoms with Gasteiger partial charge in [-0.2, -0.15) is 0 Å². The number of amides is 6. The van der Waals surface area contributed by atoms with Crippen molar-refractivity contribution in [2.24, 2.45) is 35.5 Å². The van der Waals surface area contributed by atoms with Gasteiger partial charge in [-0.1, -0.05) is 95.2 Å². The van der Waals surface area contributed by atoms with Crippen LogP contribution in [0.15, 0.2) is 54.6 Å². The Balaban J connectivity index is 0.000000150. The number of benzene rings is 3. The lowest BCUT2D eigenvalue weighted by Gasteiger charge is -2.32. The van der Waals surface area contributed by atoms with Crippen molar-refractivity contribution in [1.82, 2.24) is 21.3 Å². The molecule has 0 bridgehead atoms. The Hall–Kier alpha value is -4.97. The lowest BCUT2D eigenvalue weighted by Crippen LogP contribution is -2.59. The average molecular weight is 1180 g/mol. The summed E-state index contributed by atoms with van der Waals surface area (Å²) in [5, 5.41) is 29.5. The number of fused-ring (bicyclic) bond motifs is 5. The molecule has 2 spiro atoms. The zero-order valence-electron chi connectivity index (χ0n) is 38.5. The zero-order valence-corrected chi connectivity index (χ0v) is 43.1. The molecular weight excluding hydrogens is 1140 g/mol. The van der Waals surface area contributed by atoms with Crippen molar-refractivity contribution in [3.05, 3.63) is 101 Å². The van der Waals surface area contributed by atoms with Crippen LogP contribution in [0.25, 0.3) is 0 Å². The number of hydrogen-bond acceptors (Lipinski definition) is 12. The van der Waals surface area contributed by atoms with Crippen LogP contribution in [0.4, 0.5) is 22.8 Å². The van der Waals surface area contributed by atoms with Gasteiger partial charge in [0.05, 0.1) is 74.7 Å². The number of rotatable bonds is 13. The van der Waals surface area contributed by atoms with E-state index in [1.807, 2.05) is 0 Å². The van der Waals surface area contributed by atoms with Gasteiger partial charge in [-0.05, 0) is 79.3 Å². The lowest BCUT2D eigenvalue weighted by atomic mass is 9.87. The van der Waals surface area contributed by atoms with Crippen LogP contribution in [0, 0.1) is 35.5 Å². The number of ketones is 1. The number of carbonyl (C=O) groups is 8. The van der Waals surface area contributed by atoms with Gasteiger partial charge in [0, 0.05) is 29.6 Å². The number of esters is 1. The van der Waals surface area contributed by atoms with E-state index < -0.39 is 124 Å². The van der Waals surface area contributed by atoms with Crippen LogP contribution < -0.4 is 21.3 Å². The molecule has 2 saturated heterocycles. The molecule has 2 aliphatic heterocycles. The summed E-state index contributed by atoms with van der Waals surface area (Å²) in [5.74, 6) is -11.8. The van der Waals surface area contributed by atoms with E-state index in [1.54, 1.807) is 61.5 Å². The minimum Gasteiger partial charge on any atom is -0.479 e. The van der Waals surface area contributed by atoms with Crippen LogP contribution in [-0.4, -0.2) is 111 Å². The Morgan fingerprint density at radius 1 is 0.579 bits per heavy atom. The van der Waals surface area contributed by atoms with Gasteiger partial charge >= 0.3 is 30.0 Å².